The third-order valence-electron chi connectivity index (χ3n) is 6.83. The molecule has 0 aliphatic rings. The summed E-state index contributed by atoms with van der Waals surface area (Å²) >= 11 is 0. The number of hydrogen-bond donors (Lipinski definition) is 2. The van der Waals surface area contributed by atoms with Gasteiger partial charge in [0, 0.05) is 31.8 Å². The maximum Gasteiger partial charge on any atom is 0.305 e. The molecule has 0 unspecified atom stereocenters. The molecule has 0 aromatic rings. The number of nitrogens with two attached hydrogens (primary N) is 2. The molecule has 0 saturated heterocycles. The number of carbonyl (C=O) groups excluding carboxylic acids is 2. The summed E-state index contributed by atoms with van der Waals surface area (Å²) in [6.07, 6.45) is 26.6. The molecule has 0 atom stereocenters. The number of unbranched alkanes of at least 4 members (excludes halogenated alkanes) is 15. The van der Waals surface area contributed by atoms with E-state index in [0.717, 1.165) is 71.0 Å². The van der Waals surface area contributed by atoms with Crippen molar-refractivity contribution in [2.75, 3.05) is 32.8 Å². The Balaban J connectivity index is 3.86. The number of hydrogen-bond acceptors (Lipinski definition) is 7. The lowest BCUT2D eigenvalue weighted by atomic mass is 10.1. The Morgan fingerprint density at radius 1 is 0.703 bits per heavy atom. The molecule has 4 N–H and O–H groups in total. The molecule has 7 heteroatoms. The van der Waals surface area contributed by atoms with Gasteiger partial charge in [0.25, 0.3) is 0 Å². The highest BCUT2D eigenvalue weighted by Crippen LogP contribution is 2.11. The van der Waals surface area contributed by atoms with Crippen LogP contribution in [0.15, 0.2) is 12.4 Å². The van der Waals surface area contributed by atoms with E-state index < -0.39 is 0 Å². The zero-order chi connectivity index (χ0) is 27.2. The second kappa shape index (κ2) is 29.0. The Labute approximate surface area is 228 Å². The van der Waals surface area contributed by atoms with Crippen molar-refractivity contribution in [1.82, 2.24) is 9.91 Å². The van der Waals surface area contributed by atoms with Crippen LogP contribution in [0.2, 0.25) is 0 Å². The van der Waals surface area contributed by atoms with Crippen LogP contribution in [0.3, 0.4) is 0 Å². The first-order valence-corrected chi connectivity index (χ1v) is 15.3. The fourth-order valence-corrected chi connectivity index (χ4v) is 4.54. The first kappa shape index (κ1) is 35.4. The average Bonchev–Trinajstić information content (AvgIpc) is 2.88. The molecule has 0 spiro atoms. The van der Waals surface area contributed by atoms with Crippen LogP contribution in [0.4, 0.5) is 0 Å². The molecule has 0 heterocycles. The Hall–Kier alpha value is -1.60. The Bertz CT molecular complexity index is 531. The van der Waals surface area contributed by atoms with Crippen molar-refractivity contribution in [3.63, 3.8) is 0 Å². The molecule has 0 aromatic heterocycles. The van der Waals surface area contributed by atoms with Crippen molar-refractivity contribution < 1.29 is 14.3 Å². The summed E-state index contributed by atoms with van der Waals surface area (Å²) in [7, 11) is 0. The van der Waals surface area contributed by atoms with E-state index >= 15 is 0 Å². The summed E-state index contributed by atoms with van der Waals surface area (Å²) < 4.78 is 5.39. The van der Waals surface area contributed by atoms with Crippen molar-refractivity contribution >= 4 is 12.3 Å². The van der Waals surface area contributed by atoms with Crippen molar-refractivity contribution in [1.29, 1.82) is 0 Å². The summed E-state index contributed by atoms with van der Waals surface area (Å²) in [4.78, 5) is 24.9. The summed E-state index contributed by atoms with van der Waals surface area (Å²) in [6, 6.07) is 0. The molecule has 0 fully saturated rings. The zero-order valence-electron chi connectivity index (χ0n) is 24.2. The molecule has 0 rings (SSSR count). The Kier molecular flexibility index (Phi) is 27.7. The van der Waals surface area contributed by atoms with Crippen molar-refractivity contribution in [2.24, 2.45) is 11.6 Å². The third kappa shape index (κ3) is 27.3. The Morgan fingerprint density at radius 2 is 1.24 bits per heavy atom. The van der Waals surface area contributed by atoms with E-state index in [1.165, 1.54) is 83.2 Å². The quantitative estimate of drug-likeness (QED) is 0.0381. The van der Waals surface area contributed by atoms with Gasteiger partial charge in [0.05, 0.1) is 6.61 Å². The lowest BCUT2D eigenvalue weighted by Crippen LogP contribution is -2.32. The van der Waals surface area contributed by atoms with Gasteiger partial charge in [-0.3, -0.25) is 4.79 Å². The minimum atomic E-state index is -0.0262. The van der Waals surface area contributed by atoms with Crippen LogP contribution in [-0.4, -0.2) is 55.0 Å². The molecule has 0 aliphatic heterocycles. The van der Waals surface area contributed by atoms with E-state index in [1.54, 1.807) is 11.2 Å². The summed E-state index contributed by atoms with van der Waals surface area (Å²) in [5, 5.41) is 1.64. The smallest absolute Gasteiger partial charge is 0.305 e. The maximum absolute atomic E-state index is 11.9. The zero-order valence-corrected chi connectivity index (χ0v) is 24.2. The van der Waals surface area contributed by atoms with Crippen LogP contribution in [-0.2, 0) is 14.3 Å². The van der Waals surface area contributed by atoms with E-state index in [2.05, 4.69) is 11.8 Å². The molecule has 0 aromatic carbocycles. The minimum Gasteiger partial charge on any atom is -0.466 e. The van der Waals surface area contributed by atoms with Crippen molar-refractivity contribution in [2.45, 2.75) is 135 Å². The average molecular weight is 525 g/mol. The molecule has 0 aliphatic carbocycles. The van der Waals surface area contributed by atoms with Gasteiger partial charge in [-0.15, -0.1) is 0 Å². The van der Waals surface area contributed by atoms with E-state index in [4.69, 9.17) is 16.3 Å². The standard InChI is InChI=1S/C30H60N4O3/c1-2-3-4-5-8-14-19-29-37-30(36)21-15-10-9-12-17-24-33(25-20-26-34(32)27-22-31)23-16-11-6-7-13-18-28-35/h22,27-28H,2-21,23-26,29,31-32H2,1H3/b27-22-. The van der Waals surface area contributed by atoms with Crippen LogP contribution >= 0.6 is 0 Å². The lowest BCUT2D eigenvalue weighted by molar-refractivity contribution is -0.143. The number of aldehydes is 1. The summed E-state index contributed by atoms with van der Waals surface area (Å²) in [5.41, 5.74) is 5.41. The van der Waals surface area contributed by atoms with E-state index in [0.29, 0.717) is 19.4 Å². The number of nitrogens with zero attached hydrogens (tertiary/aromatic N) is 2. The van der Waals surface area contributed by atoms with Gasteiger partial charge in [0.2, 0.25) is 0 Å². The van der Waals surface area contributed by atoms with Crippen molar-refractivity contribution in [3.8, 4) is 0 Å². The number of esters is 1. The highest BCUT2D eigenvalue weighted by Gasteiger charge is 2.06. The van der Waals surface area contributed by atoms with Gasteiger partial charge in [0.1, 0.15) is 6.29 Å². The number of carbonyl (C=O) groups is 2. The topological polar surface area (TPSA) is 102 Å². The lowest BCUT2D eigenvalue weighted by Gasteiger charge is -2.23. The molecule has 0 amide bonds. The molecule has 7 nitrogen and oxygen atoms in total. The number of rotatable bonds is 29. The highest BCUT2D eigenvalue weighted by molar-refractivity contribution is 5.69. The molecule has 0 bridgehead atoms. The monoisotopic (exact) mass is 524 g/mol. The van der Waals surface area contributed by atoms with Gasteiger partial charge in [0.15, 0.2) is 0 Å². The van der Waals surface area contributed by atoms with Gasteiger partial charge < -0.3 is 25.2 Å². The maximum atomic E-state index is 11.9. The largest absolute Gasteiger partial charge is 0.466 e. The fraction of sp³-hybridized carbons (Fsp3) is 0.867. The predicted octanol–water partition coefficient (Wildman–Crippen LogP) is 6.46. The van der Waals surface area contributed by atoms with Crippen molar-refractivity contribution in [3.05, 3.63) is 12.4 Å². The van der Waals surface area contributed by atoms with Crippen LogP contribution in [0.5, 0.6) is 0 Å². The van der Waals surface area contributed by atoms with Gasteiger partial charge >= 0.3 is 5.97 Å². The van der Waals surface area contributed by atoms with Crippen LogP contribution in [0.1, 0.15) is 135 Å². The van der Waals surface area contributed by atoms with E-state index in [1.807, 2.05) is 0 Å². The van der Waals surface area contributed by atoms with E-state index in [9.17, 15) is 9.59 Å². The Morgan fingerprint density at radius 3 is 1.86 bits per heavy atom. The molecule has 37 heavy (non-hydrogen) atoms. The molecule has 0 radical (unpaired) electrons. The van der Waals surface area contributed by atoms with Crippen LogP contribution in [0, 0.1) is 0 Å². The molecule has 0 saturated carbocycles. The second-order valence-corrected chi connectivity index (χ2v) is 10.4. The number of ether oxygens (including phenoxy) is 1. The molecular weight excluding hydrogens is 464 g/mol. The fourth-order valence-electron chi connectivity index (χ4n) is 4.54. The first-order valence-electron chi connectivity index (χ1n) is 15.3. The van der Waals surface area contributed by atoms with Gasteiger partial charge in [-0.25, -0.2) is 5.84 Å². The SMILES string of the molecule is CCCCCCCCCOC(=O)CCCCCCCN(CCCCCCCC=O)CCCN(N)/C=C\N. The molecular formula is C30H60N4O3. The first-order chi connectivity index (χ1) is 18.1. The van der Waals surface area contributed by atoms with Gasteiger partial charge in [-0.05, 0) is 58.2 Å². The van der Waals surface area contributed by atoms with E-state index in [-0.39, 0.29) is 5.97 Å². The van der Waals surface area contributed by atoms with Gasteiger partial charge in [-0.2, -0.15) is 0 Å². The normalized spacial score (nSPS) is 11.4. The second-order valence-electron chi connectivity index (χ2n) is 10.4. The molecule has 218 valence electrons. The summed E-state index contributed by atoms with van der Waals surface area (Å²) in [5.74, 6) is 5.86. The highest BCUT2D eigenvalue weighted by atomic mass is 16.5. The van der Waals surface area contributed by atoms with Crippen LogP contribution < -0.4 is 11.6 Å². The van der Waals surface area contributed by atoms with Crippen LogP contribution in [0.25, 0.3) is 0 Å². The summed E-state index contributed by atoms with van der Waals surface area (Å²) in [6.45, 7) is 6.90. The third-order valence-corrected chi connectivity index (χ3v) is 6.83. The minimum absolute atomic E-state index is 0.0262. The predicted molar refractivity (Wildman–Crippen MR) is 156 cm³/mol. The van der Waals surface area contributed by atoms with Gasteiger partial charge in [-0.1, -0.05) is 84.0 Å². The number of hydrazine groups is 1.